The molecule has 0 fully saturated rings. The minimum atomic E-state index is -0.304. The SMILES string of the molecule is CC(C)(CCCl)NC(=O)c1cccc(Cl)c1. The summed E-state index contributed by atoms with van der Waals surface area (Å²) in [7, 11) is 0. The number of carbonyl (C=O) groups excluding carboxylic acids is 1. The summed E-state index contributed by atoms with van der Waals surface area (Å²) in [4.78, 5) is 11.9. The number of hydrogen-bond donors (Lipinski definition) is 1. The minimum Gasteiger partial charge on any atom is -0.347 e. The minimum absolute atomic E-state index is 0.127. The van der Waals surface area contributed by atoms with Crippen molar-refractivity contribution in [2.75, 3.05) is 5.88 Å². The molecule has 0 saturated heterocycles. The van der Waals surface area contributed by atoms with Crippen molar-refractivity contribution >= 4 is 29.1 Å². The van der Waals surface area contributed by atoms with E-state index in [9.17, 15) is 4.79 Å². The van der Waals surface area contributed by atoms with Gasteiger partial charge in [-0.15, -0.1) is 11.6 Å². The molecule has 1 aromatic rings. The van der Waals surface area contributed by atoms with Crippen LogP contribution in [-0.2, 0) is 0 Å². The van der Waals surface area contributed by atoms with Gasteiger partial charge in [-0.2, -0.15) is 0 Å². The van der Waals surface area contributed by atoms with Crippen LogP contribution in [0.25, 0.3) is 0 Å². The van der Waals surface area contributed by atoms with Gasteiger partial charge < -0.3 is 5.32 Å². The van der Waals surface area contributed by atoms with Crippen LogP contribution in [0.3, 0.4) is 0 Å². The maximum Gasteiger partial charge on any atom is 0.251 e. The first-order valence-electron chi connectivity index (χ1n) is 5.09. The smallest absolute Gasteiger partial charge is 0.251 e. The number of benzene rings is 1. The second-order valence-electron chi connectivity index (χ2n) is 4.29. The maximum atomic E-state index is 11.9. The molecule has 1 aromatic carbocycles. The van der Waals surface area contributed by atoms with Crippen molar-refractivity contribution in [1.29, 1.82) is 0 Å². The van der Waals surface area contributed by atoms with Gasteiger partial charge in [0.05, 0.1) is 0 Å². The Balaban J connectivity index is 2.72. The van der Waals surface area contributed by atoms with E-state index in [2.05, 4.69) is 5.32 Å². The maximum absolute atomic E-state index is 11.9. The molecule has 0 unspecified atom stereocenters. The van der Waals surface area contributed by atoms with Gasteiger partial charge in [0.25, 0.3) is 5.91 Å². The zero-order valence-electron chi connectivity index (χ0n) is 9.39. The Kier molecular flexibility index (Phi) is 4.63. The number of hydrogen-bond acceptors (Lipinski definition) is 1. The van der Waals surface area contributed by atoms with Crippen molar-refractivity contribution in [3.8, 4) is 0 Å². The molecule has 0 heterocycles. The molecule has 88 valence electrons. The Labute approximate surface area is 106 Å². The van der Waals surface area contributed by atoms with Crippen LogP contribution in [0, 0.1) is 0 Å². The van der Waals surface area contributed by atoms with Gasteiger partial charge in [0.15, 0.2) is 0 Å². The standard InChI is InChI=1S/C12H15Cl2NO/c1-12(2,6-7-13)15-11(16)9-4-3-5-10(14)8-9/h3-5,8H,6-7H2,1-2H3,(H,15,16). The molecular formula is C12H15Cl2NO. The van der Waals surface area contributed by atoms with Gasteiger partial charge in [0, 0.05) is 22.0 Å². The largest absolute Gasteiger partial charge is 0.347 e. The highest BCUT2D eigenvalue weighted by molar-refractivity contribution is 6.30. The van der Waals surface area contributed by atoms with Gasteiger partial charge in [-0.1, -0.05) is 17.7 Å². The van der Waals surface area contributed by atoms with Crippen LogP contribution in [0.1, 0.15) is 30.6 Å². The average Bonchev–Trinajstić information content (AvgIpc) is 2.16. The molecule has 0 radical (unpaired) electrons. The van der Waals surface area contributed by atoms with Gasteiger partial charge in [0.1, 0.15) is 0 Å². The number of rotatable bonds is 4. The summed E-state index contributed by atoms with van der Waals surface area (Å²) in [5, 5.41) is 3.48. The molecule has 4 heteroatoms. The lowest BCUT2D eigenvalue weighted by atomic mass is 10.0. The van der Waals surface area contributed by atoms with E-state index in [0.29, 0.717) is 16.5 Å². The van der Waals surface area contributed by atoms with Crippen LogP contribution in [0.4, 0.5) is 0 Å². The molecule has 0 aliphatic heterocycles. The molecule has 0 spiro atoms. The third-order valence-corrected chi connectivity index (χ3v) is 2.68. The van der Waals surface area contributed by atoms with Crippen LogP contribution >= 0.6 is 23.2 Å². The molecule has 0 atom stereocenters. The normalized spacial score (nSPS) is 11.2. The molecule has 1 N–H and O–H groups in total. The van der Waals surface area contributed by atoms with E-state index in [0.717, 1.165) is 6.42 Å². The molecule has 0 saturated carbocycles. The lowest BCUT2D eigenvalue weighted by molar-refractivity contribution is 0.0911. The van der Waals surface area contributed by atoms with E-state index in [1.807, 2.05) is 13.8 Å². The van der Waals surface area contributed by atoms with Crippen LogP contribution in [-0.4, -0.2) is 17.3 Å². The Morgan fingerprint density at radius 2 is 2.12 bits per heavy atom. The van der Waals surface area contributed by atoms with E-state index in [-0.39, 0.29) is 11.4 Å². The van der Waals surface area contributed by atoms with Crippen molar-refractivity contribution in [3.63, 3.8) is 0 Å². The average molecular weight is 260 g/mol. The molecule has 2 nitrogen and oxygen atoms in total. The number of nitrogens with one attached hydrogen (secondary N) is 1. The van der Waals surface area contributed by atoms with Gasteiger partial charge in [-0.3, -0.25) is 4.79 Å². The lowest BCUT2D eigenvalue weighted by Gasteiger charge is -2.25. The zero-order chi connectivity index (χ0) is 12.2. The number of halogens is 2. The van der Waals surface area contributed by atoms with Crippen LogP contribution in [0.5, 0.6) is 0 Å². The quantitative estimate of drug-likeness (QED) is 0.825. The van der Waals surface area contributed by atoms with Crippen LogP contribution < -0.4 is 5.32 Å². The Bertz CT molecular complexity index is 377. The number of amides is 1. The number of alkyl halides is 1. The molecule has 0 aliphatic rings. The van der Waals surface area contributed by atoms with Crippen molar-refractivity contribution in [2.45, 2.75) is 25.8 Å². The summed E-state index contributed by atoms with van der Waals surface area (Å²) in [5.41, 5.74) is 0.261. The van der Waals surface area contributed by atoms with Crippen molar-refractivity contribution < 1.29 is 4.79 Å². The predicted octanol–water partition coefficient (Wildman–Crippen LogP) is 3.48. The fraction of sp³-hybridized carbons (Fsp3) is 0.417. The molecule has 1 amide bonds. The topological polar surface area (TPSA) is 29.1 Å². The summed E-state index contributed by atoms with van der Waals surface area (Å²) in [5.74, 6) is 0.389. The van der Waals surface area contributed by atoms with E-state index in [1.165, 1.54) is 0 Å². The molecular weight excluding hydrogens is 245 g/mol. The third kappa shape index (κ3) is 4.03. The second-order valence-corrected chi connectivity index (χ2v) is 5.10. The van der Waals surface area contributed by atoms with Crippen molar-refractivity contribution in [1.82, 2.24) is 5.32 Å². The first kappa shape index (κ1) is 13.3. The van der Waals surface area contributed by atoms with Gasteiger partial charge in [0.2, 0.25) is 0 Å². The Hall–Kier alpha value is -0.730. The highest BCUT2D eigenvalue weighted by Crippen LogP contribution is 2.14. The summed E-state index contributed by atoms with van der Waals surface area (Å²) in [6.45, 7) is 3.88. The third-order valence-electron chi connectivity index (χ3n) is 2.26. The Morgan fingerprint density at radius 3 is 2.69 bits per heavy atom. The highest BCUT2D eigenvalue weighted by Gasteiger charge is 2.20. The molecule has 0 aliphatic carbocycles. The first-order chi connectivity index (χ1) is 7.44. The highest BCUT2D eigenvalue weighted by atomic mass is 35.5. The first-order valence-corrected chi connectivity index (χ1v) is 6.00. The summed E-state index contributed by atoms with van der Waals surface area (Å²) >= 11 is 11.5. The van der Waals surface area contributed by atoms with Gasteiger partial charge in [-0.25, -0.2) is 0 Å². The Morgan fingerprint density at radius 1 is 1.44 bits per heavy atom. The fourth-order valence-corrected chi connectivity index (χ4v) is 1.97. The number of carbonyl (C=O) groups is 1. The monoisotopic (exact) mass is 259 g/mol. The van der Waals surface area contributed by atoms with Gasteiger partial charge >= 0.3 is 0 Å². The van der Waals surface area contributed by atoms with E-state index in [1.54, 1.807) is 24.3 Å². The zero-order valence-corrected chi connectivity index (χ0v) is 10.9. The molecule has 0 aromatic heterocycles. The van der Waals surface area contributed by atoms with E-state index >= 15 is 0 Å². The molecule has 16 heavy (non-hydrogen) atoms. The summed E-state index contributed by atoms with van der Waals surface area (Å²) < 4.78 is 0. The summed E-state index contributed by atoms with van der Waals surface area (Å²) in [6.07, 6.45) is 0.723. The van der Waals surface area contributed by atoms with E-state index in [4.69, 9.17) is 23.2 Å². The lowest BCUT2D eigenvalue weighted by Crippen LogP contribution is -2.43. The van der Waals surface area contributed by atoms with Gasteiger partial charge in [-0.05, 0) is 38.5 Å². The van der Waals surface area contributed by atoms with Crippen LogP contribution in [0.15, 0.2) is 24.3 Å². The predicted molar refractivity (Wildman–Crippen MR) is 68.3 cm³/mol. The van der Waals surface area contributed by atoms with Crippen molar-refractivity contribution in [3.05, 3.63) is 34.9 Å². The molecule has 0 bridgehead atoms. The summed E-state index contributed by atoms with van der Waals surface area (Å²) in [6, 6.07) is 6.87. The fourth-order valence-electron chi connectivity index (χ4n) is 1.31. The van der Waals surface area contributed by atoms with Crippen LogP contribution in [0.2, 0.25) is 5.02 Å². The molecule has 1 rings (SSSR count). The van der Waals surface area contributed by atoms with E-state index < -0.39 is 0 Å². The second kappa shape index (κ2) is 5.55. The van der Waals surface area contributed by atoms with Crippen molar-refractivity contribution in [2.24, 2.45) is 0 Å².